The summed E-state index contributed by atoms with van der Waals surface area (Å²) in [6.07, 6.45) is 0.948. The van der Waals surface area contributed by atoms with E-state index in [1.165, 1.54) is 0 Å². The molecule has 0 spiro atoms. The lowest BCUT2D eigenvalue weighted by atomic mass is 10.1. The summed E-state index contributed by atoms with van der Waals surface area (Å²) in [6.45, 7) is 11.0. The first-order valence-corrected chi connectivity index (χ1v) is 9.76. The molecule has 0 aliphatic heterocycles. The predicted molar refractivity (Wildman–Crippen MR) is 102 cm³/mol. The normalized spacial score (nSPS) is 11.1. The van der Waals surface area contributed by atoms with Crippen LogP contribution >= 0.6 is 0 Å². The van der Waals surface area contributed by atoms with Gasteiger partial charge in [-0.25, -0.2) is 0 Å². The zero-order chi connectivity index (χ0) is 20.2. The Bertz CT molecular complexity index is 364. The van der Waals surface area contributed by atoms with E-state index in [0.717, 1.165) is 0 Å². The Morgan fingerprint density at radius 2 is 1.11 bits per heavy atom. The highest BCUT2D eigenvalue weighted by atomic mass is 16.6. The number of ketones is 1. The Kier molecular flexibility index (Phi) is 18.9. The van der Waals surface area contributed by atoms with Gasteiger partial charge in [0.25, 0.3) is 0 Å². The summed E-state index contributed by atoms with van der Waals surface area (Å²) in [4.78, 5) is 22.4. The van der Waals surface area contributed by atoms with Crippen molar-refractivity contribution in [2.45, 2.75) is 33.6 Å². The predicted octanol–water partition coefficient (Wildman–Crippen LogP) is 1.21. The molecule has 1 amide bonds. The van der Waals surface area contributed by atoms with E-state index in [-0.39, 0.29) is 17.6 Å². The summed E-state index contributed by atoms with van der Waals surface area (Å²) in [5, 5.41) is 2.73. The van der Waals surface area contributed by atoms with Crippen LogP contribution < -0.4 is 5.32 Å². The molecule has 0 unspecified atom stereocenters. The fraction of sp³-hybridized carbons (Fsp3) is 0.895. The van der Waals surface area contributed by atoms with Crippen LogP contribution in [0, 0.1) is 5.92 Å². The molecular weight excluding hydrogens is 354 g/mol. The smallest absolute Gasteiger partial charge is 0.219 e. The minimum absolute atomic E-state index is 0.0293. The second-order valence-corrected chi connectivity index (χ2v) is 6.14. The van der Waals surface area contributed by atoms with Crippen LogP contribution in [-0.2, 0) is 33.3 Å². The van der Waals surface area contributed by atoms with Gasteiger partial charge in [0.05, 0.1) is 66.1 Å². The van der Waals surface area contributed by atoms with Crippen LogP contribution in [0.5, 0.6) is 0 Å². The lowest BCUT2D eigenvalue weighted by Gasteiger charge is -2.08. The molecular formula is C19H37NO7. The van der Waals surface area contributed by atoms with Gasteiger partial charge in [-0.05, 0) is 0 Å². The van der Waals surface area contributed by atoms with Crippen molar-refractivity contribution in [1.82, 2.24) is 5.32 Å². The molecule has 0 fully saturated rings. The molecule has 0 aromatic rings. The molecule has 0 aliphatic rings. The molecule has 0 aromatic carbocycles. The highest BCUT2D eigenvalue weighted by Crippen LogP contribution is 1.98. The van der Waals surface area contributed by atoms with Gasteiger partial charge >= 0.3 is 0 Å². The number of carbonyl (C=O) groups is 2. The van der Waals surface area contributed by atoms with Crippen molar-refractivity contribution in [2.75, 3.05) is 72.6 Å². The summed E-state index contributed by atoms with van der Waals surface area (Å²) < 4.78 is 26.8. The highest BCUT2D eigenvalue weighted by Gasteiger charge is 2.05. The first-order valence-electron chi connectivity index (χ1n) is 9.76. The molecule has 160 valence electrons. The van der Waals surface area contributed by atoms with Crippen LogP contribution in [0.4, 0.5) is 0 Å². The quantitative estimate of drug-likeness (QED) is 0.312. The molecule has 0 radical (unpaired) electrons. The third kappa shape index (κ3) is 19.5. The maximum atomic E-state index is 11.4. The molecule has 27 heavy (non-hydrogen) atoms. The van der Waals surface area contributed by atoms with Gasteiger partial charge in [-0.1, -0.05) is 20.8 Å². The molecule has 0 rings (SSSR count). The average Bonchev–Trinajstić information content (AvgIpc) is 2.66. The molecule has 0 saturated heterocycles. The van der Waals surface area contributed by atoms with E-state index in [1.807, 2.05) is 20.8 Å². The Hall–Kier alpha value is -1.06. The first kappa shape index (κ1) is 25.9. The summed E-state index contributed by atoms with van der Waals surface area (Å²) >= 11 is 0. The topological polar surface area (TPSA) is 92.3 Å². The minimum Gasteiger partial charge on any atom is -0.379 e. The number of carbonyl (C=O) groups excluding carboxylic acids is 2. The van der Waals surface area contributed by atoms with Crippen LogP contribution in [0.2, 0.25) is 0 Å². The number of hydrogen-bond acceptors (Lipinski definition) is 7. The lowest BCUT2D eigenvalue weighted by Crippen LogP contribution is -2.26. The van der Waals surface area contributed by atoms with Crippen LogP contribution in [0.15, 0.2) is 0 Å². The minimum atomic E-state index is 0.0293. The first-order chi connectivity index (χ1) is 13.1. The maximum Gasteiger partial charge on any atom is 0.219 e. The van der Waals surface area contributed by atoms with Crippen molar-refractivity contribution in [3.8, 4) is 0 Å². The van der Waals surface area contributed by atoms with Gasteiger partial charge in [0.2, 0.25) is 5.91 Å². The van der Waals surface area contributed by atoms with E-state index in [0.29, 0.717) is 85.5 Å². The number of hydrogen-bond donors (Lipinski definition) is 1. The Morgan fingerprint density at radius 1 is 0.704 bits per heavy atom. The van der Waals surface area contributed by atoms with Gasteiger partial charge in [-0.15, -0.1) is 0 Å². The Labute approximate surface area is 163 Å². The SMILES string of the molecule is CCC(=O)NCCOCCOCCOCCOCCOCCC(=O)C(C)C. The molecule has 0 heterocycles. The molecule has 0 aliphatic carbocycles. The van der Waals surface area contributed by atoms with E-state index < -0.39 is 0 Å². The fourth-order valence-corrected chi connectivity index (χ4v) is 1.83. The van der Waals surface area contributed by atoms with Gasteiger partial charge in [0, 0.05) is 25.3 Å². The molecule has 0 bridgehead atoms. The van der Waals surface area contributed by atoms with Gasteiger partial charge in [-0.2, -0.15) is 0 Å². The average molecular weight is 392 g/mol. The molecule has 8 heteroatoms. The second-order valence-electron chi connectivity index (χ2n) is 6.14. The van der Waals surface area contributed by atoms with E-state index in [4.69, 9.17) is 23.7 Å². The number of amides is 1. The van der Waals surface area contributed by atoms with E-state index >= 15 is 0 Å². The van der Waals surface area contributed by atoms with Crippen molar-refractivity contribution in [2.24, 2.45) is 5.92 Å². The van der Waals surface area contributed by atoms with E-state index in [1.54, 1.807) is 0 Å². The van der Waals surface area contributed by atoms with E-state index in [9.17, 15) is 9.59 Å². The highest BCUT2D eigenvalue weighted by molar-refractivity contribution is 5.80. The van der Waals surface area contributed by atoms with Crippen molar-refractivity contribution in [3.63, 3.8) is 0 Å². The molecule has 1 N–H and O–H groups in total. The van der Waals surface area contributed by atoms with Crippen molar-refractivity contribution < 1.29 is 33.3 Å². The number of nitrogens with one attached hydrogen (secondary N) is 1. The van der Waals surface area contributed by atoms with Crippen LogP contribution in [-0.4, -0.2) is 84.3 Å². The summed E-state index contributed by atoms with van der Waals surface area (Å²) in [6, 6.07) is 0. The number of rotatable bonds is 20. The summed E-state index contributed by atoms with van der Waals surface area (Å²) in [5.74, 6) is 0.318. The van der Waals surface area contributed by atoms with Crippen LogP contribution in [0.3, 0.4) is 0 Å². The maximum absolute atomic E-state index is 11.4. The monoisotopic (exact) mass is 391 g/mol. The third-order valence-corrected chi connectivity index (χ3v) is 3.51. The molecule has 0 atom stereocenters. The summed E-state index contributed by atoms with van der Waals surface area (Å²) in [7, 11) is 0. The van der Waals surface area contributed by atoms with Gasteiger partial charge in [0.15, 0.2) is 0 Å². The molecule has 0 aromatic heterocycles. The standard InChI is InChI=1S/C19H37NO7/c1-4-19(22)20-6-8-24-10-12-26-14-16-27-15-13-25-11-9-23-7-5-18(21)17(2)3/h17H,4-16H2,1-3H3,(H,20,22). The lowest BCUT2D eigenvalue weighted by molar-refractivity contribution is -0.123. The van der Waals surface area contributed by atoms with Crippen molar-refractivity contribution in [1.29, 1.82) is 0 Å². The number of Topliss-reactive ketones (excluding diaryl/α,β-unsaturated/α-hetero) is 1. The largest absolute Gasteiger partial charge is 0.379 e. The fourth-order valence-electron chi connectivity index (χ4n) is 1.83. The zero-order valence-electron chi connectivity index (χ0n) is 17.1. The zero-order valence-corrected chi connectivity index (χ0v) is 17.1. The van der Waals surface area contributed by atoms with Gasteiger partial charge in [-0.3, -0.25) is 9.59 Å². The van der Waals surface area contributed by atoms with Crippen molar-refractivity contribution in [3.05, 3.63) is 0 Å². The third-order valence-electron chi connectivity index (χ3n) is 3.51. The van der Waals surface area contributed by atoms with E-state index in [2.05, 4.69) is 5.32 Å². The summed E-state index contributed by atoms with van der Waals surface area (Å²) in [5.41, 5.74) is 0. The van der Waals surface area contributed by atoms with Gasteiger partial charge in [0.1, 0.15) is 5.78 Å². The van der Waals surface area contributed by atoms with Crippen LogP contribution in [0.25, 0.3) is 0 Å². The van der Waals surface area contributed by atoms with Crippen molar-refractivity contribution >= 4 is 11.7 Å². The molecule has 8 nitrogen and oxygen atoms in total. The molecule has 0 saturated carbocycles. The second kappa shape index (κ2) is 19.7. The van der Waals surface area contributed by atoms with Gasteiger partial charge < -0.3 is 29.0 Å². The Balaban J connectivity index is 3.09. The number of ether oxygens (including phenoxy) is 5. The van der Waals surface area contributed by atoms with Crippen LogP contribution in [0.1, 0.15) is 33.6 Å². The Morgan fingerprint density at radius 3 is 1.52 bits per heavy atom.